The van der Waals surface area contributed by atoms with E-state index in [1.165, 1.54) is 12.0 Å². The molecule has 0 spiro atoms. The van der Waals surface area contributed by atoms with Gasteiger partial charge in [0.25, 0.3) is 0 Å². The van der Waals surface area contributed by atoms with Crippen LogP contribution in [0.25, 0.3) is 11.4 Å². The molecule has 0 aliphatic carbocycles. The van der Waals surface area contributed by atoms with Gasteiger partial charge in [-0.25, -0.2) is 0 Å². The zero-order valence-corrected chi connectivity index (χ0v) is 13.5. The van der Waals surface area contributed by atoms with Gasteiger partial charge in [0.1, 0.15) is 6.54 Å². The fourth-order valence-corrected chi connectivity index (χ4v) is 2.96. The molecule has 0 saturated carbocycles. The van der Waals surface area contributed by atoms with Crippen molar-refractivity contribution in [3.8, 4) is 11.4 Å². The molecule has 2 heterocycles. The summed E-state index contributed by atoms with van der Waals surface area (Å²) in [5.41, 5.74) is 2.15. The molecule has 22 heavy (non-hydrogen) atoms. The summed E-state index contributed by atoms with van der Waals surface area (Å²) >= 11 is 5.29. The lowest BCUT2D eigenvalue weighted by Gasteiger charge is -2.26. The number of aromatic nitrogens is 3. The lowest BCUT2D eigenvalue weighted by atomic mass is 10.1. The predicted molar refractivity (Wildman–Crippen MR) is 88.0 cm³/mol. The summed E-state index contributed by atoms with van der Waals surface area (Å²) in [4.78, 5) is 14.4. The molecule has 1 N–H and O–H groups in total. The number of amides is 1. The van der Waals surface area contributed by atoms with Gasteiger partial charge in [0.2, 0.25) is 5.91 Å². The summed E-state index contributed by atoms with van der Waals surface area (Å²) < 4.78 is 2.28. The fraction of sp³-hybridized carbons (Fsp3) is 0.438. The Kier molecular flexibility index (Phi) is 4.38. The smallest absolute Gasteiger partial charge is 0.242 e. The molecule has 0 unspecified atom stereocenters. The van der Waals surface area contributed by atoms with Crippen molar-refractivity contribution in [2.24, 2.45) is 0 Å². The van der Waals surface area contributed by atoms with Gasteiger partial charge in [-0.3, -0.25) is 14.5 Å². The summed E-state index contributed by atoms with van der Waals surface area (Å²) in [6, 6.07) is 8.07. The van der Waals surface area contributed by atoms with Crippen molar-refractivity contribution in [3.05, 3.63) is 34.6 Å². The zero-order valence-electron chi connectivity index (χ0n) is 12.7. The van der Waals surface area contributed by atoms with E-state index in [1.807, 2.05) is 36.1 Å². The number of aryl methyl sites for hydroxylation is 1. The largest absolute Gasteiger partial charge is 0.341 e. The molecule has 1 fully saturated rings. The number of rotatable bonds is 3. The maximum atomic E-state index is 12.5. The number of hydrogen-bond donors (Lipinski definition) is 1. The molecular weight excluding hydrogens is 296 g/mol. The molecule has 0 radical (unpaired) electrons. The Morgan fingerprint density at radius 1 is 1.23 bits per heavy atom. The summed E-state index contributed by atoms with van der Waals surface area (Å²) in [5.74, 6) is 0.834. The van der Waals surface area contributed by atoms with Crippen molar-refractivity contribution < 1.29 is 4.79 Å². The number of carbonyl (C=O) groups is 1. The van der Waals surface area contributed by atoms with Crippen molar-refractivity contribution in [2.45, 2.75) is 32.7 Å². The van der Waals surface area contributed by atoms with Crippen LogP contribution in [0.15, 0.2) is 24.3 Å². The van der Waals surface area contributed by atoms with Crippen LogP contribution in [-0.2, 0) is 11.3 Å². The summed E-state index contributed by atoms with van der Waals surface area (Å²) in [6.07, 6.45) is 3.39. The molecule has 1 aromatic carbocycles. The van der Waals surface area contributed by atoms with E-state index < -0.39 is 0 Å². The first-order chi connectivity index (χ1) is 10.6. The Morgan fingerprint density at radius 3 is 2.59 bits per heavy atom. The minimum Gasteiger partial charge on any atom is -0.341 e. The van der Waals surface area contributed by atoms with Crippen LogP contribution >= 0.6 is 12.2 Å². The summed E-state index contributed by atoms with van der Waals surface area (Å²) in [5, 5.41) is 7.09. The molecule has 6 heteroatoms. The van der Waals surface area contributed by atoms with Gasteiger partial charge in [-0.15, -0.1) is 0 Å². The maximum Gasteiger partial charge on any atom is 0.242 e. The van der Waals surface area contributed by atoms with E-state index in [2.05, 4.69) is 10.2 Å². The van der Waals surface area contributed by atoms with Crippen molar-refractivity contribution in [1.29, 1.82) is 0 Å². The number of aromatic amines is 1. The Hall–Kier alpha value is -1.95. The first-order valence-corrected chi connectivity index (χ1v) is 8.06. The number of piperidine rings is 1. The third-order valence-corrected chi connectivity index (χ3v) is 4.38. The van der Waals surface area contributed by atoms with Crippen LogP contribution in [0.2, 0.25) is 0 Å². The maximum absolute atomic E-state index is 12.5. The number of benzene rings is 1. The van der Waals surface area contributed by atoms with Crippen LogP contribution in [0.5, 0.6) is 0 Å². The second-order valence-electron chi connectivity index (χ2n) is 5.75. The molecule has 1 aromatic heterocycles. The van der Waals surface area contributed by atoms with E-state index in [9.17, 15) is 4.79 Å². The minimum atomic E-state index is 0.116. The molecule has 2 aromatic rings. The normalized spacial score (nSPS) is 15.0. The van der Waals surface area contributed by atoms with Gasteiger partial charge in [0.05, 0.1) is 0 Å². The molecule has 1 aliphatic heterocycles. The van der Waals surface area contributed by atoms with Crippen LogP contribution in [0.1, 0.15) is 24.8 Å². The highest BCUT2D eigenvalue weighted by atomic mass is 32.1. The first kappa shape index (κ1) is 15.0. The van der Waals surface area contributed by atoms with Crippen LogP contribution in [0, 0.1) is 11.7 Å². The van der Waals surface area contributed by atoms with Gasteiger partial charge in [-0.05, 0) is 38.4 Å². The van der Waals surface area contributed by atoms with Crippen molar-refractivity contribution >= 4 is 18.1 Å². The van der Waals surface area contributed by atoms with Crippen molar-refractivity contribution in [3.63, 3.8) is 0 Å². The molecule has 1 saturated heterocycles. The number of hydrogen-bond acceptors (Lipinski definition) is 3. The highest BCUT2D eigenvalue weighted by Gasteiger charge is 2.19. The van der Waals surface area contributed by atoms with E-state index >= 15 is 0 Å². The molecule has 3 rings (SSSR count). The number of nitrogens with zero attached hydrogens (tertiary/aromatic N) is 3. The zero-order chi connectivity index (χ0) is 15.5. The van der Waals surface area contributed by atoms with Gasteiger partial charge < -0.3 is 4.90 Å². The van der Waals surface area contributed by atoms with Gasteiger partial charge >= 0.3 is 0 Å². The number of H-pyrrole nitrogens is 1. The van der Waals surface area contributed by atoms with E-state index in [-0.39, 0.29) is 12.5 Å². The number of likely N-dealkylation sites (tertiary alicyclic amines) is 1. The van der Waals surface area contributed by atoms with E-state index in [4.69, 9.17) is 12.2 Å². The van der Waals surface area contributed by atoms with Crippen LogP contribution < -0.4 is 0 Å². The second-order valence-corrected chi connectivity index (χ2v) is 6.13. The van der Waals surface area contributed by atoms with E-state index in [1.54, 1.807) is 4.57 Å². The summed E-state index contributed by atoms with van der Waals surface area (Å²) in [7, 11) is 0. The van der Waals surface area contributed by atoms with Gasteiger partial charge in [0.15, 0.2) is 10.6 Å². The molecule has 116 valence electrons. The monoisotopic (exact) mass is 316 g/mol. The standard InChI is InChI=1S/C16H20N4OS/c1-12-5-7-13(8-6-12)15-17-18-16(22)20(15)11-14(21)19-9-3-2-4-10-19/h5-8H,2-4,9-11H2,1H3,(H,18,22). The molecule has 5 nitrogen and oxygen atoms in total. The molecule has 0 atom stereocenters. The van der Waals surface area contributed by atoms with Gasteiger partial charge in [0, 0.05) is 18.7 Å². The fourth-order valence-electron chi connectivity index (χ4n) is 2.77. The average molecular weight is 316 g/mol. The average Bonchev–Trinajstić information content (AvgIpc) is 2.90. The van der Waals surface area contributed by atoms with Crippen LogP contribution in [-0.4, -0.2) is 38.7 Å². The van der Waals surface area contributed by atoms with Crippen LogP contribution in [0.4, 0.5) is 0 Å². The lowest BCUT2D eigenvalue weighted by Crippen LogP contribution is -2.37. The third-order valence-electron chi connectivity index (χ3n) is 4.07. The second kappa shape index (κ2) is 6.44. The Labute approximate surface area is 135 Å². The highest BCUT2D eigenvalue weighted by molar-refractivity contribution is 7.71. The van der Waals surface area contributed by atoms with Crippen LogP contribution in [0.3, 0.4) is 0 Å². The molecular formula is C16H20N4OS. The minimum absolute atomic E-state index is 0.116. The van der Waals surface area contributed by atoms with E-state index in [0.29, 0.717) is 4.77 Å². The lowest BCUT2D eigenvalue weighted by molar-refractivity contribution is -0.132. The quantitative estimate of drug-likeness (QED) is 0.886. The van der Waals surface area contributed by atoms with Crippen molar-refractivity contribution in [1.82, 2.24) is 19.7 Å². The SMILES string of the molecule is Cc1ccc(-c2n[nH]c(=S)n2CC(=O)N2CCCCC2)cc1. The predicted octanol–water partition coefficient (Wildman–Crippen LogP) is 2.93. The topological polar surface area (TPSA) is 53.9 Å². The molecule has 0 bridgehead atoms. The van der Waals surface area contributed by atoms with E-state index in [0.717, 1.165) is 37.3 Å². The van der Waals surface area contributed by atoms with Gasteiger partial charge in [-0.1, -0.05) is 29.8 Å². The highest BCUT2D eigenvalue weighted by Crippen LogP contribution is 2.18. The number of carbonyl (C=O) groups excluding carboxylic acids is 1. The Morgan fingerprint density at radius 2 is 1.91 bits per heavy atom. The molecule has 1 amide bonds. The Bertz CT molecular complexity index is 710. The summed E-state index contributed by atoms with van der Waals surface area (Å²) in [6.45, 7) is 3.99. The van der Waals surface area contributed by atoms with Gasteiger partial charge in [-0.2, -0.15) is 5.10 Å². The third kappa shape index (κ3) is 3.11. The van der Waals surface area contributed by atoms with Crippen molar-refractivity contribution in [2.75, 3.05) is 13.1 Å². The number of nitrogens with one attached hydrogen (secondary N) is 1. The first-order valence-electron chi connectivity index (χ1n) is 7.65. The Balaban J connectivity index is 1.84. The molecule has 1 aliphatic rings.